The lowest BCUT2D eigenvalue weighted by molar-refractivity contribution is 0.205. The van der Waals surface area contributed by atoms with Gasteiger partial charge >= 0.3 is 6.03 Å². The van der Waals surface area contributed by atoms with E-state index in [4.69, 9.17) is 10.4 Å². The molecule has 1 aromatic carbocycles. The minimum absolute atomic E-state index is 0.0632. The largest absolute Gasteiger partial charge is 0.396 e. The quantitative estimate of drug-likeness (QED) is 0.832. The summed E-state index contributed by atoms with van der Waals surface area (Å²) in [5, 5.41) is 20.3. The number of anilines is 1. The van der Waals surface area contributed by atoms with Gasteiger partial charge in [0.05, 0.1) is 11.6 Å². The van der Waals surface area contributed by atoms with Crippen LogP contribution in [0.1, 0.15) is 18.9 Å². The Morgan fingerprint density at radius 3 is 2.94 bits per heavy atom. The lowest BCUT2D eigenvalue weighted by Gasteiger charge is -2.20. The van der Waals surface area contributed by atoms with Crippen molar-refractivity contribution in [1.29, 1.82) is 5.26 Å². The minimum atomic E-state index is -0.221. The Balaban J connectivity index is 2.64. The normalized spacial score (nSPS) is 9.61. The first-order valence-corrected chi connectivity index (χ1v) is 5.88. The van der Waals surface area contributed by atoms with E-state index < -0.39 is 0 Å². The summed E-state index contributed by atoms with van der Waals surface area (Å²) >= 11 is 0. The van der Waals surface area contributed by atoms with Gasteiger partial charge in [0.15, 0.2) is 0 Å². The van der Waals surface area contributed by atoms with Crippen LogP contribution in [0.5, 0.6) is 0 Å². The van der Waals surface area contributed by atoms with Crippen LogP contribution in [0.4, 0.5) is 10.5 Å². The number of carbonyl (C=O) groups excluding carboxylic acids is 1. The highest BCUT2D eigenvalue weighted by molar-refractivity contribution is 5.89. The average molecular weight is 247 g/mol. The second-order valence-electron chi connectivity index (χ2n) is 3.78. The molecule has 18 heavy (non-hydrogen) atoms. The highest BCUT2D eigenvalue weighted by Crippen LogP contribution is 2.10. The Hall–Kier alpha value is -2.06. The molecule has 96 valence electrons. The molecule has 2 N–H and O–H groups in total. The smallest absolute Gasteiger partial charge is 0.321 e. The number of urea groups is 1. The number of nitriles is 1. The summed E-state index contributed by atoms with van der Waals surface area (Å²) in [6, 6.07) is 8.56. The predicted molar refractivity (Wildman–Crippen MR) is 69.1 cm³/mol. The molecular weight excluding hydrogens is 230 g/mol. The van der Waals surface area contributed by atoms with E-state index in [1.165, 1.54) is 0 Å². The number of aliphatic hydroxyl groups is 1. The van der Waals surface area contributed by atoms with Crippen molar-refractivity contribution in [3.05, 3.63) is 29.8 Å². The Bertz CT molecular complexity index is 440. The molecular formula is C13H17N3O2. The molecule has 0 saturated heterocycles. The van der Waals surface area contributed by atoms with Gasteiger partial charge in [-0.15, -0.1) is 0 Å². The maximum absolute atomic E-state index is 11.9. The molecule has 0 unspecified atom stereocenters. The Kier molecular flexibility index (Phi) is 5.68. The molecule has 1 aromatic rings. The van der Waals surface area contributed by atoms with Crippen LogP contribution in [-0.2, 0) is 0 Å². The van der Waals surface area contributed by atoms with E-state index in [1.807, 2.05) is 13.0 Å². The molecule has 5 heteroatoms. The van der Waals surface area contributed by atoms with Gasteiger partial charge in [0.25, 0.3) is 0 Å². The zero-order valence-corrected chi connectivity index (χ0v) is 10.4. The first-order valence-electron chi connectivity index (χ1n) is 5.88. The molecule has 0 aliphatic rings. The van der Waals surface area contributed by atoms with Crippen LogP contribution in [-0.4, -0.2) is 35.7 Å². The van der Waals surface area contributed by atoms with Gasteiger partial charge in [-0.1, -0.05) is 6.07 Å². The first kappa shape index (κ1) is 14.0. The second kappa shape index (κ2) is 7.30. The van der Waals surface area contributed by atoms with Gasteiger partial charge < -0.3 is 15.3 Å². The summed E-state index contributed by atoms with van der Waals surface area (Å²) in [6.07, 6.45) is 0.555. The van der Waals surface area contributed by atoms with Crippen molar-refractivity contribution in [3.63, 3.8) is 0 Å². The summed E-state index contributed by atoms with van der Waals surface area (Å²) < 4.78 is 0. The van der Waals surface area contributed by atoms with Crippen LogP contribution in [0.25, 0.3) is 0 Å². The Morgan fingerprint density at radius 2 is 2.33 bits per heavy atom. The fourth-order valence-corrected chi connectivity index (χ4v) is 1.53. The Labute approximate surface area is 107 Å². The molecule has 0 aliphatic heterocycles. The number of amides is 2. The molecule has 0 heterocycles. The van der Waals surface area contributed by atoms with E-state index >= 15 is 0 Å². The van der Waals surface area contributed by atoms with E-state index in [2.05, 4.69) is 5.32 Å². The molecule has 0 radical (unpaired) electrons. The number of rotatable bonds is 5. The number of hydrogen-bond donors (Lipinski definition) is 2. The highest BCUT2D eigenvalue weighted by atomic mass is 16.3. The van der Waals surface area contributed by atoms with Crippen LogP contribution < -0.4 is 5.32 Å². The topological polar surface area (TPSA) is 76.4 Å². The van der Waals surface area contributed by atoms with Crippen LogP contribution in [0, 0.1) is 11.3 Å². The van der Waals surface area contributed by atoms with Crippen molar-refractivity contribution in [1.82, 2.24) is 4.90 Å². The van der Waals surface area contributed by atoms with Crippen molar-refractivity contribution in [2.24, 2.45) is 0 Å². The van der Waals surface area contributed by atoms with E-state index in [0.717, 1.165) is 0 Å². The third-order valence-electron chi connectivity index (χ3n) is 2.50. The summed E-state index contributed by atoms with van der Waals surface area (Å²) in [5.74, 6) is 0. The third-order valence-corrected chi connectivity index (χ3v) is 2.50. The molecule has 0 atom stereocenters. The predicted octanol–water partition coefficient (Wildman–Crippen LogP) is 1.79. The molecule has 0 aliphatic carbocycles. The van der Waals surface area contributed by atoms with Crippen molar-refractivity contribution >= 4 is 11.7 Å². The zero-order valence-electron chi connectivity index (χ0n) is 10.4. The van der Waals surface area contributed by atoms with Crippen LogP contribution in [0.3, 0.4) is 0 Å². The number of hydrogen-bond acceptors (Lipinski definition) is 3. The fraction of sp³-hybridized carbons (Fsp3) is 0.385. The van der Waals surface area contributed by atoms with Crippen LogP contribution in [0.15, 0.2) is 24.3 Å². The van der Waals surface area contributed by atoms with Gasteiger partial charge in [0, 0.05) is 25.4 Å². The fourth-order valence-electron chi connectivity index (χ4n) is 1.53. The molecule has 2 amide bonds. The summed E-state index contributed by atoms with van der Waals surface area (Å²) in [4.78, 5) is 13.5. The van der Waals surface area contributed by atoms with Gasteiger partial charge in [0.1, 0.15) is 0 Å². The van der Waals surface area contributed by atoms with Crippen molar-refractivity contribution < 1.29 is 9.90 Å². The van der Waals surface area contributed by atoms with Crippen LogP contribution >= 0.6 is 0 Å². The third kappa shape index (κ3) is 4.07. The van der Waals surface area contributed by atoms with Gasteiger partial charge in [-0.25, -0.2) is 4.79 Å². The van der Waals surface area contributed by atoms with Gasteiger partial charge in [0.2, 0.25) is 0 Å². The standard InChI is InChI=1S/C13H17N3O2/c1-2-16(7-4-8-17)13(18)15-12-6-3-5-11(9-12)10-14/h3,5-6,9,17H,2,4,7-8H2,1H3,(H,15,18). The molecule has 0 aromatic heterocycles. The number of aliphatic hydroxyl groups excluding tert-OH is 1. The van der Waals surface area contributed by atoms with E-state index in [1.54, 1.807) is 29.2 Å². The number of carbonyl (C=O) groups is 1. The van der Waals surface area contributed by atoms with E-state index in [-0.39, 0.29) is 12.6 Å². The molecule has 1 rings (SSSR count). The first-order chi connectivity index (χ1) is 8.71. The van der Waals surface area contributed by atoms with Crippen molar-refractivity contribution in [2.45, 2.75) is 13.3 Å². The average Bonchev–Trinajstić information content (AvgIpc) is 2.40. The Morgan fingerprint density at radius 1 is 1.56 bits per heavy atom. The van der Waals surface area contributed by atoms with Crippen LogP contribution in [0.2, 0.25) is 0 Å². The summed E-state index contributed by atoms with van der Waals surface area (Å²) in [5.41, 5.74) is 1.10. The van der Waals surface area contributed by atoms with Crippen molar-refractivity contribution in [3.8, 4) is 6.07 Å². The van der Waals surface area contributed by atoms with Crippen molar-refractivity contribution in [2.75, 3.05) is 25.0 Å². The maximum Gasteiger partial charge on any atom is 0.321 e. The highest BCUT2D eigenvalue weighted by Gasteiger charge is 2.10. The SMILES string of the molecule is CCN(CCCO)C(=O)Nc1cccc(C#N)c1. The summed E-state index contributed by atoms with van der Waals surface area (Å²) in [6.45, 7) is 3.02. The number of benzene rings is 1. The van der Waals surface area contributed by atoms with Gasteiger partial charge in [-0.2, -0.15) is 5.26 Å². The molecule has 0 fully saturated rings. The second-order valence-corrected chi connectivity index (χ2v) is 3.78. The molecule has 0 spiro atoms. The monoisotopic (exact) mass is 247 g/mol. The van der Waals surface area contributed by atoms with Gasteiger partial charge in [-0.05, 0) is 31.5 Å². The molecule has 0 bridgehead atoms. The molecule has 0 saturated carbocycles. The summed E-state index contributed by atoms with van der Waals surface area (Å²) in [7, 11) is 0. The van der Waals surface area contributed by atoms with E-state index in [0.29, 0.717) is 30.8 Å². The minimum Gasteiger partial charge on any atom is -0.396 e. The van der Waals surface area contributed by atoms with Gasteiger partial charge in [-0.3, -0.25) is 0 Å². The number of nitrogens with one attached hydrogen (secondary N) is 1. The molecule has 5 nitrogen and oxygen atoms in total. The zero-order chi connectivity index (χ0) is 13.4. The van der Waals surface area contributed by atoms with E-state index in [9.17, 15) is 4.79 Å². The lowest BCUT2D eigenvalue weighted by atomic mass is 10.2. The lowest BCUT2D eigenvalue weighted by Crippen LogP contribution is -2.35. The maximum atomic E-state index is 11.9. The number of nitrogens with zero attached hydrogens (tertiary/aromatic N) is 2.